The zero-order chi connectivity index (χ0) is 15.0. The van der Waals surface area contributed by atoms with Crippen molar-refractivity contribution in [2.45, 2.75) is 31.7 Å². The quantitative estimate of drug-likeness (QED) is 0.798. The number of hydrogen-bond donors (Lipinski definition) is 0. The number of carbonyl (C=O) groups is 1. The van der Waals surface area contributed by atoms with Crippen LogP contribution in [0.4, 0.5) is 14.9 Å². The summed E-state index contributed by atoms with van der Waals surface area (Å²) in [5.41, 5.74) is 0.956. The molecule has 2 fully saturated rings. The first kappa shape index (κ1) is 14.3. The van der Waals surface area contributed by atoms with Gasteiger partial charge in [0.1, 0.15) is 5.82 Å². The first-order valence-electron chi connectivity index (χ1n) is 7.44. The van der Waals surface area contributed by atoms with Gasteiger partial charge in [0.2, 0.25) is 0 Å². The van der Waals surface area contributed by atoms with Crippen LogP contribution in [0.5, 0.6) is 0 Å². The second kappa shape index (κ2) is 5.30. The highest BCUT2D eigenvalue weighted by molar-refractivity contribution is 5.90. The van der Waals surface area contributed by atoms with Gasteiger partial charge in [0.25, 0.3) is 0 Å². The van der Waals surface area contributed by atoms with E-state index in [1.165, 1.54) is 6.07 Å². The number of aryl methyl sites for hydroxylation is 1. The van der Waals surface area contributed by atoms with E-state index in [2.05, 4.69) is 11.9 Å². The maximum atomic E-state index is 13.9. The van der Waals surface area contributed by atoms with E-state index in [1.54, 1.807) is 17.9 Å². The average Bonchev–Trinajstić information content (AvgIpc) is 2.46. The summed E-state index contributed by atoms with van der Waals surface area (Å²) in [6.45, 7) is 4.06. The third-order valence-corrected chi connectivity index (χ3v) is 4.78. The first-order chi connectivity index (χ1) is 10.0. The van der Waals surface area contributed by atoms with Crippen LogP contribution in [-0.4, -0.2) is 43.3 Å². The zero-order valence-electron chi connectivity index (χ0n) is 12.6. The minimum atomic E-state index is -0.353. The van der Waals surface area contributed by atoms with Crippen LogP contribution in [0.25, 0.3) is 0 Å². The fourth-order valence-electron chi connectivity index (χ4n) is 3.31. The Balaban J connectivity index is 1.98. The fraction of sp³-hybridized carbons (Fsp3) is 0.562. The number of piperidine rings is 1. The van der Waals surface area contributed by atoms with E-state index < -0.39 is 0 Å². The van der Waals surface area contributed by atoms with Gasteiger partial charge in [-0.15, -0.1) is 0 Å². The molecule has 0 bridgehead atoms. The van der Waals surface area contributed by atoms with Crippen molar-refractivity contribution in [3.8, 4) is 0 Å². The number of nitrogens with zero attached hydrogens (tertiary/aromatic N) is 2. The highest BCUT2D eigenvalue weighted by atomic mass is 19.1. The molecule has 0 atom stereocenters. The van der Waals surface area contributed by atoms with Crippen LogP contribution >= 0.6 is 0 Å². The molecule has 0 unspecified atom stereocenters. The van der Waals surface area contributed by atoms with Crippen LogP contribution in [0.3, 0.4) is 0 Å². The van der Waals surface area contributed by atoms with E-state index in [-0.39, 0.29) is 17.4 Å². The largest absolute Gasteiger partial charge is 0.449 e. The Morgan fingerprint density at radius 3 is 2.62 bits per heavy atom. The van der Waals surface area contributed by atoms with Gasteiger partial charge in [-0.05, 0) is 44.5 Å². The molecule has 2 saturated heterocycles. The summed E-state index contributed by atoms with van der Waals surface area (Å²) in [5.74, 6) is -0.283. The molecule has 2 heterocycles. The van der Waals surface area contributed by atoms with Crippen molar-refractivity contribution < 1.29 is 13.9 Å². The van der Waals surface area contributed by atoms with Gasteiger partial charge in [-0.25, -0.2) is 9.18 Å². The second-order valence-corrected chi connectivity index (χ2v) is 6.16. The smallest absolute Gasteiger partial charge is 0.414 e. The maximum absolute atomic E-state index is 13.9. The SMILES string of the molecule is Cc1ccc(N2C(=O)OCCC23CCN(C)CC3)cc1F. The highest BCUT2D eigenvalue weighted by Gasteiger charge is 2.46. The number of anilines is 1. The number of ether oxygens (including phenoxy) is 1. The Kier molecular flexibility index (Phi) is 3.61. The molecule has 3 rings (SSSR count). The highest BCUT2D eigenvalue weighted by Crippen LogP contribution is 2.39. The Bertz CT molecular complexity index is 553. The molecule has 2 aliphatic rings. The molecule has 1 spiro atoms. The van der Waals surface area contributed by atoms with E-state index in [9.17, 15) is 9.18 Å². The topological polar surface area (TPSA) is 32.8 Å². The Labute approximate surface area is 124 Å². The van der Waals surface area contributed by atoms with Gasteiger partial charge in [-0.2, -0.15) is 0 Å². The zero-order valence-corrected chi connectivity index (χ0v) is 12.6. The first-order valence-corrected chi connectivity index (χ1v) is 7.44. The summed E-state index contributed by atoms with van der Waals surface area (Å²) in [7, 11) is 2.09. The number of hydrogen-bond acceptors (Lipinski definition) is 3. The molecule has 1 amide bonds. The predicted molar refractivity (Wildman–Crippen MR) is 79.0 cm³/mol. The van der Waals surface area contributed by atoms with Gasteiger partial charge in [-0.3, -0.25) is 4.90 Å². The van der Waals surface area contributed by atoms with Crippen molar-refractivity contribution in [3.05, 3.63) is 29.6 Å². The van der Waals surface area contributed by atoms with E-state index in [1.807, 2.05) is 6.07 Å². The van der Waals surface area contributed by atoms with Crippen LogP contribution in [0.2, 0.25) is 0 Å². The predicted octanol–water partition coefficient (Wildman–Crippen LogP) is 2.95. The number of carbonyl (C=O) groups excluding carboxylic acids is 1. The summed E-state index contributed by atoms with van der Waals surface area (Å²) in [6.07, 6.45) is 2.25. The molecule has 21 heavy (non-hydrogen) atoms. The molecule has 0 aliphatic carbocycles. The normalized spacial score (nSPS) is 22.4. The van der Waals surface area contributed by atoms with Crippen molar-refractivity contribution in [2.24, 2.45) is 0 Å². The molecule has 5 heteroatoms. The summed E-state index contributed by atoms with van der Waals surface area (Å²) >= 11 is 0. The molecular weight excluding hydrogens is 271 g/mol. The van der Waals surface area contributed by atoms with Gasteiger partial charge < -0.3 is 9.64 Å². The molecule has 1 aromatic rings. The minimum absolute atomic E-state index is 0.233. The summed E-state index contributed by atoms with van der Waals surface area (Å²) in [6, 6.07) is 4.97. The molecule has 1 aromatic carbocycles. The Morgan fingerprint density at radius 2 is 1.95 bits per heavy atom. The number of amides is 1. The van der Waals surface area contributed by atoms with Crippen LogP contribution in [0, 0.1) is 12.7 Å². The molecule has 0 saturated carbocycles. The third-order valence-electron chi connectivity index (χ3n) is 4.78. The molecule has 0 N–H and O–H groups in total. The number of halogens is 1. The van der Waals surface area contributed by atoms with Gasteiger partial charge in [0.15, 0.2) is 0 Å². The lowest BCUT2D eigenvalue weighted by molar-refractivity contribution is 0.0791. The van der Waals surface area contributed by atoms with Crippen LogP contribution < -0.4 is 4.90 Å². The monoisotopic (exact) mass is 292 g/mol. The molecular formula is C16H21FN2O2. The summed E-state index contributed by atoms with van der Waals surface area (Å²) in [5, 5.41) is 0. The van der Waals surface area contributed by atoms with Gasteiger partial charge in [0.05, 0.1) is 17.8 Å². The van der Waals surface area contributed by atoms with Gasteiger partial charge in [-0.1, -0.05) is 6.07 Å². The van der Waals surface area contributed by atoms with E-state index in [0.29, 0.717) is 17.9 Å². The van der Waals surface area contributed by atoms with Gasteiger partial charge in [0, 0.05) is 19.5 Å². The molecule has 0 radical (unpaired) electrons. The van der Waals surface area contributed by atoms with Crippen molar-refractivity contribution >= 4 is 11.8 Å². The molecule has 114 valence electrons. The van der Waals surface area contributed by atoms with Crippen molar-refractivity contribution in [3.63, 3.8) is 0 Å². The Morgan fingerprint density at radius 1 is 1.24 bits per heavy atom. The second-order valence-electron chi connectivity index (χ2n) is 6.16. The summed E-state index contributed by atoms with van der Waals surface area (Å²) < 4.78 is 19.1. The van der Waals surface area contributed by atoms with Crippen molar-refractivity contribution in [2.75, 3.05) is 31.6 Å². The lowest BCUT2D eigenvalue weighted by Gasteiger charge is -2.50. The van der Waals surface area contributed by atoms with Crippen molar-refractivity contribution in [1.82, 2.24) is 4.90 Å². The number of rotatable bonds is 1. The summed E-state index contributed by atoms with van der Waals surface area (Å²) in [4.78, 5) is 16.3. The van der Waals surface area contributed by atoms with Crippen LogP contribution in [-0.2, 0) is 4.74 Å². The Hall–Kier alpha value is -1.62. The number of likely N-dealkylation sites (tertiary alicyclic amines) is 1. The number of benzene rings is 1. The average molecular weight is 292 g/mol. The van der Waals surface area contributed by atoms with Gasteiger partial charge >= 0.3 is 6.09 Å². The lowest BCUT2D eigenvalue weighted by atomic mass is 9.82. The van der Waals surface area contributed by atoms with E-state index >= 15 is 0 Å². The fourth-order valence-corrected chi connectivity index (χ4v) is 3.31. The number of cyclic esters (lactones) is 1. The van der Waals surface area contributed by atoms with E-state index in [0.717, 1.165) is 32.4 Å². The standard InChI is InChI=1S/C16H21FN2O2/c1-12-3-4-13(11-14(12)17)19-15(20)21-10-7-16(19)5-8-18(2)9-6-16/h3-4,11H,5-10H2,1-2H3. The van der Waals surface area contributed by atoms with Crippen molar-refractivity contribution in [1.29, 1.82) is 0 Å². The molecule has 2 aliphatic heterocycles. The minimum Gasteiger partial charge on any atom is -0.449 e. The van der Waals surface area contributed by atoms with Crippen LogP contribution in [0.1, 0.15) is 24.8 Å². The van der Waals surface area contributed by atoms with E-state index in [4.69, 9.17) is 4.74 Å². The lowest BCUT2D eigenvalue weighted by Crippen LogP contribution is -2.60. The molecule has 0 aromatic heterocycles. The molecule has 4 nitrogen and oxygen atoms in total. The van der Waals surface area contributed by atoms with Crippen LogP contribution in [0.15, 0.2) is 18.2 Å². The third kappa shape index (κ3) is 2.50. The maximum Gasteiger partial charge on any atom is 0.414 e.